The number of hydrogen-bond acceptors (Lipinski definition) is 1. The molecule has 1 heterocycles. The van der Waals surface area contributed by atoms with Crippen LogP contribution in [0.3, 0.4) is 0 Å². The molecule has 2 aromatic carbocycles. The minimum atomic E-state index is 0.531. The molecule has 0 saturated carbocycles. The van der Waals surface area contributed by atoms with Crippen LogP contribution in [0.4, 0.5) is 0 Å². The molecule has 1 fully saturated rings. The minimum absolute atomic E-state index is 0.531. The van der Waals surface area contributed by atoms with E-state index < -0.39 is 0 Å². The number of halogens is 1. The molecule has 0 bridgehead atoms. The molecule has 0 radical (unpaired) electrons. The quantitative estimate of drug-likeness (QED) is 0.856. The molecule has 0 amide bonds. The van der Waals surface area contributed by atoms with Gasteiger partial charge in [-0.3, -0.25) is 0 Å². The van der Waals surface area contributed by atoms with Gasteiger partial charge in [-0.1, -0.05) is 54.1 Å². The molecule has 1 aliphatic heterocycles. The summed E-state index contributed by atoms with van der Waals surface area (Å²) in [5.74, 6) is 1.08. The van der Waals surface area contributed by atoms with Gasteiger partial charge in [0, 0.05) is 17.5 Å². The lowest BCUT2D eigenvalue weighted by molar-refractivity contribution is 0.404. The van der Waals surface area contributed by atoms with Crippen molar-refractivity contribution in [3.05, 3.63) is 70.2 Å². The molecule has 2 aromatic rings. The average molecular weight is 286 g/mol. The first-order valence-corrected chi connectivity index (χ1v) is 7.65. The third-order valence-corrected chi connectivity index (χ3v) is 4.74. The Hall–Kier alpha value is -1.31. The van der Waals surface area contributed by atoms with E-state index in [0.717, 1.165) is 23.7 Å². The molecule has 2 atom stereocenters. The number of hydrogen-bond donors (Lipinski definition) is 1. The Morgan fingerprint density at radius 2 is 1.80 bits per heavy atom. The summed E-state index contributed by atoms with van der Waals surface area (Å²) in [6.07, 6.45) is 1.17. The molecule has 2 unspecified atom stereocenters. The van der Waals surface area contributed by atoms with Crippen LogP contribution in [0.1, 0.15) is 34.9 Å². The van der Waals surface area contributed by atoms with Crippen LogP contribution in [0, 0.1) is 6.92 Å². The molecule has 104 valence electrons. The average Bonchev–Trinajstić information content (AvgIpc) is 2.51. The van der Waals surface area contributed by atoms with E-state index in [1.807, 2.05) is 0 Å². The summed E-state index contributed by atoms with van der Waals surface area (Å²) in [7, 11) is 0. The third-order valence-electron chi connectivity index (χ3n) is 4.33. The monoisotopic (exact) mass is 285 g/mol. The fourth-order valence-electron chi connectivity index (χ4n) is 3.15. The maximum Gasteiger partial charge on any atom is 0.0438 e. The van der Waals surface area contributed by atoms with Gasteiger partial charge in [0.2, 0.25) is 0 Å². The van der Waals surface area contributed by atoms with Crippen molar-refractivity contribution in [2.75, 3.05) is 13.1 Å². The second kappa shape index (κ2) is 5.99. The van der Waals surface area contributed by atoms with Crippen molar-refractivity contribution in [1.29, 1.82) is 0 Å². The molecule has 0 spiro atoms. The Morgan fingerprint density at radius 3 is 2.55 bits per heavy atom. The number of aryl methyl sites for hydroxylation is 1. The Kier molecular flexibility index (Phi) is 4.09. The van der Waals surface area contributed by atoms with Gasteiger partial charge in [-0.05, 0) is 48.6 Å². The first kappa shape index (κ1) is 13.7. The second-order valence-corrected chi connectivity index (χ2v) is 6.03. The van der Waals surface area contributed by atoms with E-state index in [1.54, 1.807) is 0 Å². The maximum absolute atomic E-state index is 6.31. The normalized spacial score (nSPS) is 22.7. The first-order valence-electron chi connectivity index (χ1n) is 7.27. The van der Waals surface area contributed by atoms with E-state index in [9.17, 15) is 0 Å². The van der Waals surface area contributed by atoms with Crippen molar-refractivity contribution in [3.8, 4) is 0 Å². The van der Waals surface area contributed by atoms with Crippen LogP contribution in [-0.4, -0.2) is 13.1 Å². The zero-order valence-corrected chi connectivity index (χ0v) is 12.5. The summed E-state index contributed by atoms with van der Waals surface area (Å²) in [6, 6.07) is 17.3. The lowest BCUT2D eigenvalue weighted by Gasteiger charge is -2.33. The van der Waals surface area contributed by atoms with E-state index in [0.29, 0.717) is 11.8 Å². The zero-order chi connectivity index (χ0) is 13.9. The summed E-state index contributed by atoms with van der Waals surface area (Å²) in [4.78, 5) is 0. The van der Waals surface area contributed by atoms with Crippen LogP contribution in [-0.2, 0) is 0 Å². The van der Waals surface area contributed by atoms with Crippen LogP contribution in [0.2, 0.25) is 5.02 Å². The van der Waals surface area contributed by atoms with Gasteiger partial charge in [0.25, 0.3) is 0 Å². The highest BCUT2D eigenvalue weighted by Crippen LogP contribution is 2.38. The lowest BCUT2D eigenvalue weighted by Crippen LogP contribution is -2.34. The summed E-state index contributed by atoms with van der Waals surface area (Å²) in [5.41, 5.74) is 3.94. The molecule has 20 heavy (non-hydrogen) atoms. The smallest absolute Gasteiger partial charge is 0.0438 e. The highest BCUT2D eigenvalue weighted by atomic mass is 35.5. The number of benzene rings is 2. The molecule has 1 N–H and O–H groups in total. The summed E-state index contributed by atoms with van der Waals surface area (Å²) < 4.78 is 0. The van der Waals surface area contributed by atoms with E-state index in [2.05, 4.69) is 60.8 Å². The van der Waals surface area contributed by atoms with E-state index in [4.69, 9.17) is 11.6 Å². The van der Waals surface area contributed by atoms with Gasteiger partial charge in [0.1, 0.15) is 0 Å². The van der Waals surface area contributed by atoms with Crippen molar-refractivity contribution in [1.82, 2.24) is 5.32 Å². The Labute approximate surface area is 126 Å². The number of rotatable bonds is 2. The lowest BCUT2D eigenvalue weighted by atomic mass is 9.77. The first-order chi connectivity index (χ1) is 9.75. The fourth-order valence-corrected chi connectivity index (χ4v) is 3.34. The molecular formula is C18H20ClN. The van der Waals surface area contributed by atoms with Crippen molar-refractivity contribution in [2.45, 2.75) is 25.2 Å². The predicted molar refractivity (Wildman–Crippen MR) is 85.6 cm³/mol. The molecule has 2 heteroatoms. The molecule has 1 saturated heterocycles. The van der Waals surface area contributed by atoms with Gasteiger partial charge in [0.05, 0.1) is 0 Å². The minimum Gasteiger partial charge on any atom is -0.316 e. The van der Waals surface area contributed by atoms with Crippen molar-refractivity contribution < 1.29 is 0 Å². The summed E-state index contributed by atoms with van der Waals surface area (Å²) >= 11 is 6.31. The molecule has 0 aliphatic carbocycles. The second-order valence-electron chi connectivity index (χ2n) is 5.63. The Morgan fingerprint density at radius 1 is 1.00 bits per heavy atom. The molecular weight excluding hydrogens is 266 g/mol. The largest absolute Gasteiger partial charge is 0.316 e. The van der Waals surface area contributed by atoms with Crippen molar-refractivity contribution in [2.24, 2.45) is 0 Å². The van der Waals surface area contributed by atoms with Crippen LogP contribution in [0.5, 0.6) is 0 Å². The van der Waals surface area contributed by atoms with Gasteiger partial charge >= 0.3 is 0 Å². The number of piperidine rings is 1. The summed E-state index contributed by atoms with van der Waals surface area (Å²) in [5, 5.41) is 4.41. The van der Waals surface area contributed by atoms with Gasteiger partial charge in [-0.15, -0.1) is 0 Å². The van der Waals surface area contributed by atoms with Crippen LogP contribution >= 0.6 is 11.6 Å². The van der Waals surface area contributed by atoms with Crippen molar-refractivity contribution >= 4 is 11.6 Å². The van der Waals surface area contributed by atoms with Crippen LogP contribution < -0.4 is 5.32 Å². The predicted octanol–water partition coefficient (Wildman–Crippen LogP) is 4.51. The van der Waals surface area contributed by atoms with Gasteiger partial charge < -0.3 is 5.32 Å². The van der Waals surface area contributed by atoms with E-state index in [-0.39, 0.29) is 0 Å². The molecule has 1 aliphatic rings. The number of nitrogens with one attached hydrogen (secondary N) is 1. The highest BCUT2D eigenvalue weighted by Gasteiger charge is 2.27. The third kappa shape index (κ3) is 2.74. The molecule has 3 rings (SSSR count). The summed E-state index contributed by atoms with van der Waals surface area (Å²) in [6.45, 7) is 4.18. The maximum atomic E-state index is 6.31. The highest BCUT2D eigenvalue weighted by molar-refractivity contribution is 6.31. The van der Waals surface area contributed by atoms with Crippen molar-refractivity contribution in [3.63, 3.8) is 0 Å². The van der Waals surface area contributed by atoms with E-state index >= 15 is 0 Å². The topological polar surface area (TPSA) is 12.0 Å². The van der Waals surface area contributed by atoms with Crippen LogP contribution in [0.15, 0.2) is 48.5 Å². The van der Waals surface area contributed by atoms with Crippen LogP contribution in [0.25, 0.3) is 0 Å². The Bertz CT molecular complexity index is 579. The molecule has 0 aromatic heterocycles. The molecule has 1 nitrogen and oxygen atoms in total. The van der Waals surface area contributed by atoms with Gasteiger partial charge in [-0.2, -0.15) is 0 Å². The van der Waals surface area contributed by atoms with Gasteiger partial charge in [-0.25, -0.2) is 0 Å². The zero-order valence-electron chi connectivity index (χ0n) is 11.8. The SMILES string of the molecule is Cc1ccc(C2CCNCC2c2ccccc2)cc1Cl. The standard InChI is InChI=1S/C18H20ClN/c1-13-7-8-15(11-18(13)19)16-9-10-20-12-17(16)14-5-3-2-4-6-14/h2-8,11,16-17,20H,9-10,12H2,1H3. The van der Waals surface area contributed by atoms with E-state index in [1.165, 1.54) is 17.5 Å². The van der Waals surface area contributed by atoms with Gasteiger partial charge in [0.15, 0.2) is 0 Å². The fraction of sp³-hybridized carbons (Fsp3) is 0.333. The Balaban J connectivity index is 1.94.